The number of rotatable bonds is 5. The summed E-state index contributed by atoms with van der Waals surface area (Å²) in [4.78, 5) is 29.5. The highest BCUT2D eigenvalue weighted by Crippen LogP contribution is 2.25. The number of hydrogen-bond donors (Lipinski definition) is 1. The van der Waals surface area contributed by atoms with Gasteiger partial charge >= 0.3 is 0 Å². The second kappa shape index (κ2) is 7.14. The molecule has 2 amide bonds. The fraction of sp³-hybridized carbons (Fsp3) is 0.312. The van der Waals surface area contributed by atoms with Gasteiger partial charge in [0.15, 0.2) is 5.13 Å². The summed E-state index contributed by atoms with van der Waals surface area (Å²) in [5.41, 5.74) is 3.16. The minimum Gasteiger partial charge on any atom is -0.323 e. The van der Waals surface area contributed by atoms with Gasteiger partial charge in [-0.05, 0) is 12.0 Å². The van der Waals surface area contributed by atoms with Crippen LogP contribution in [0.1, 0.15) is 12.5 Å². The number of thiazole rings is 1. The third-order valence-corrected chi connectivity index (χ3v) is 5.24. The van der Waals surface area contributed by atoms with Crippen molar-refractivity contribution in [2.45, 2.75) is 13.3 Å². The van der Waals surface area contributed by atoms with Gasteiger partial charge in [0.05, 0.1) is 5.69 Å². The van der Waals surface area contributed by atoms with Crippen LogP contribution in [0, 0.1) is 0 Å². The molecule has 1 aliphatic heterocycles. The van der Waals surface area contributed by atoms with E-state index in [1.165, 1.54) is 28.7 Å². The molecular formula is C16H17N3O2S2. The quantitative estimate of drug-likeness (QED) is 0.899. The third-order valence-electron chi connectivity index (χ3n) is 3.59. The molecule has 7 heteroatoms. The Morgan fingerprint density at radius 1 is 1.35 bits per heavy atom. The predicted molar refractivity (Wildman–Crippen MR) is 95.0 cm³/mol. The van der Waals surface area contributed by atoms with E-state index < -0.39 is 0 Å². The molecule has 0 radical (unpaired) electrons. The molecule has 0 aliphatic carbocycles. The predicted octanol–water partition coefficient (Wildman–Crippen LogP) is 3.48. The zero-order chi connectivity index (χ0) is 16.2. The molecule has 0 spiro atoms. The number of amides is 2. The molecule has 0 bridgehead atoms. The van der Waals surface area contributed by atoms with Crippen molar-refractivity contribution < 1.29 is 9.59 Å². The Hall–Kier alpha value is -1.86. The first kappa shape index (κ1) is 16.0. The standard InChI is InChI=1S/C16H17N3O2S2/c1-2-11-3-5-12(6-4-11)13-10-23-15(17-13)18-14(20)9-19-7-8-22-16(19)21/h3-6,10H,2,7-9H2,1H3,(H,17,18,20). The summed E-state index contributed by atoms with van der Waals surface area (Å²) in [5.74, 6) is 0.546. The summed E-state index contributed by atoms with van der Waals surface area (Å²) in [6.07, 6.45) is 1.01. The maximum atomic E-state index is 12.0. The highest BCUT2D eigenvalue weighted by Gasteiger charge is 2.23. The van der Waals surface area contributed by atoms with Crippen LogP contribution in [0.2, 0.25) is 0 Å². The van der Waals surface area contributed by atoms with Gasteiger partial charge < -0.3 is 10.2 Å². The molecule has 1 fully saturated rings. The van der Waals surface area contributed by atoms with Crippen LogP contribution in [0.3, 0.4) is 0 Å². The van der Waals surface area contributed by atoms with Crippen molar-refractivity contribution in [3.8, 4) is 11.3 Å². The van der Waals surface area contributed by atoms with Gasteiger partial charge in [-0.3, -0.25) is 9.59 Å². The number of anilines is 1. The Kier molecular flexibility index (Phi) is 4.97. The van der Waals surface area contributed by atoms with Crippen LogP contribution in [-0.2, 0) is 11.2 Å². The summed E-state index contributed by atoms with van der Waals surface area (Å²) < 4.78 is 0. The van der Waals surface area contributed by atoms with E-state index in [1.54, 1.807) is 4.90 Å². The number of aromatic nitrogens is 1. The summed E-state index contributed by atoms with van der Waals surface area (Å²) in [6.45, 7) is 2.84. The Morgan fingerprint density at radius 3 is 2.78 bits per heavy atom. The van der Waals surface area contributed by atoms with Crippen molar-refractivity contribution in [3.63, 3.8) is 0 Å². The molecular weight excluding hydrogens is 330 g/mol. The normalized spacial score (nSPS) is 14.3. The van der Waals surface area contributed by atoms with Crippen LogP contribution in [-0.4, -0.2) is 39.9 Å². The van der Waals surface area contributed by atoms with Crippen LogP contribution in [0.4, 0.5) is 9.93 Å². The van der Waals surface area contributed by atoms with Crippen LogP contribution in [0.25, 0.3) is 11.3 Å². The molecule has 3 rings (SSSR count). The molecule has 5 nitrogen and oxygen atoms in total. The molecule has 0 atom stereocenters. The van der Waals surface area contributed by atoms with Crippen molar-refractivity contribution >= 4 is 39.4 Å². The molecule has 120 valence electrons. The van der Waals surface area contributed by atoms with Gasteiger partial charge in [0.2, 0.25) is 5.91 Å². The lowest BCUT2D eigenvalue weighted by Gasteiger charge is -2.12. The van der Waals surface area contributed by atoms with E-state index >= 15 is 0 Å². The van der Waals surface area contributed by atoms with Crippen LogP contribution in [0.15, 0.2) is 29.6 Å². The monoisotopic (exact) mass is 347 g/mol. The second-order valence-corrected chi connectivity index (χ2v) is 7.08. The molecule has 1 saturated heterocycles. The van der Waals surface area contributed by atoms with E-state index in [0.29, 0.717) is 11.7 Å². The van der Waals surface area contributed by atoms with Crippen LogP contribution < -0.4 is 5.32 Å². The van der Waals surface area contributed by atoms with Crippen LogP contribution >= 0.6 is 23.1 Å². The summed E-state index contributed by atoms with van der Waals surface area (Å²) in [5, 5.41) is 5.22. The van der Waals surface area contributed by atoms with E-state index in [4.69, 9.17) is 0 Å². The number of nitrogens with one attached hydrogen (secondary N) is 1. The summed E-state index contributed by atoms with van der Waals surface area (Å²) in [7, 11) is 0. The van der Waals surface area contributed by atoms with E-state index in [1.807, 2.05) is 17.5 Å². The maximum absolute atomic E-state index is 12.0. The van der Waals surface area contributed by atoms with Gasteiger partial charge in [-0.15, -0.1) is 11.3 Å². The van der Waals surface area contributed by atoms with Gasteiger partial charge in [-0.2, -0.15) is 0 Å². The first-order chi connectivity index (χ1) is 11.2. The van der Waals surface area contributed by atoms with E-state index in [9.17, 15) is 9.59 Å². The summed E-state index contributed by atoms with van der Waals surface area (Å²) in [6, 6.07) is 8.26. The Balaban J connectivity index is 1.62. The van der Waals surface area contributed by atoms with E-state index in [-0.39, 0.29) is 17.7 Å². The van der Waals surface area contributed by atoms with Gasteiger partial charge in [-0.1, -0.05) is 43.0 Å². The largest absolute Gasteiger partial charge is 0.323 e. The van der Waals surface area contributed by atoms with Crippen molar-refractivity contribution in [3.05, 3.63) is 35.2 Å². The van der Waals surface area contributed by atoms with Gasteiger partial charge in [0.1, 0.15) is 6.54 Å². The lowest BCUT2D eigenvalue weighted by atomic mass is 10.1. The molecule has 23 heavy (non-hydrogen) atoms. The first-order valence-corrected chi connectivity index (χ1v) is 9.28. The van der Waals surface area contributed by atoms with Gasteiger partial charge in [0.25, 0.3) is 5.24 Å². The average molecular weight is 347 g/mol. The molecule has 0 saturated carbocycles. The highest BCUT2D eigenvalue weighted by molar-refractivity contribution is 8.13. The van der Waals surface area contributed by atoms with E-state index in [0.717, 1.165) is 23.4 Å². The Bertz CT molecular complexity index is 712. The topological polar surface area (TPSA) is 62.3 Å². The average Bonchev–Trinajstić information content (AvgIpc) is 3.17. The molecule has 1 aromatic heterocycles. The Labute approximate surface area is 143 Å². The molecule has 1 aliphatic rings. The SMILES string of the molecule is CCc1ccc(-c2csc(NC(=O)CN3CCSC3=O)n2)cc1. The minimum atomic E-state index is -0.205. The second-order valence-electron chi connectivity index (χ2n) is 5.17. The zero-order valence-corrected chi connectivity index (χ0v) is 14.4. The van der Waals surface area contributed by atoms with E-state index in [2.05, 4.69) is 29.4 Å². The third kappa shape index (κ3) is 3.92. The number of thioether (sulfide) groups is 1. The molecule has 0 unspecified atom stereocenters. The number of aryl methyl sites for hydroxylation is 1. The van der Waals surface area contributed by atoms with Crippen molar-refractivity contribution in [1.82, 2.24) is 9.88 Å². The van der Waals surface area contributed by atoms with Crippen molar-refractivity contribution in [2.24, 2.45) is 0 Å². The lowest BCUT2D eigenvalue weighted by Crippen LogP contribution is -2.33. The fourth-order valence-electron chi connectivity index (χ4n) is 2.28. The number of benzene rings is 1. The summed E-state index contributed by atoms with van der Waals surface area (Å²) >= 11 is 2.64. The number of hydrogen-bond acceptors (Lipinski definition) is 5. The molecule has 2 heterocycles. The number of carbonyl (C=O) groups excluding carboxylic acids is 2. The smallest absolute Gasteiger partial charge is 0.282 e. The number of carbonyl (C=O) groups is 2. The number of nitrogens with zero attached hydrogens (tertiary/aromatic N) is 2. The molecule has 1 N–H and O–H groups in total. The van der Waals surface area contributed by atoms with Gasteiger partial charge in [-0.25, -0.2) is 4.98 Å². The highest BCUT2D eigenvalue weighted by atomic mass is 32.2. The zero-order valence-electron chi connectivity index (χ0n) is 12.7. The van der Waals surface area contributed by atoms with Crippen molar-refractivity contribution in [1.29, 1.82) is 0 Å². The van der Waals surface area contributed by atoms with Gasteiger partial charge in [0, 0.05) is 23.2 Å². The first-order valence-electron chi connectivity index (χ1n) is 7.42. The molecule has 1 aromatic carbocycles. The fourth-order valence-corrected chi connectivity index (χ4v) is 3.84. The lowest BCUT2D eigenvalue weighted by molar-refractivity contribution is -0.116. The minimum absolute atomic E-state index is 0.0315. The van der Waals surface area contributed by atoms with Crippen LogP contribution in [0.5, 0.6) is 0 Å². The Morgan fingerprint density at radius 2 is 2.13 bits per heavy atom. The maximum Gasteiger partial charge on any atom is 0.282 e. The van der Waals surface area contributed by atoms with Crippen molar-refractivity contribution in [2.75, 3.05) is 24.2 Å². The molecule has 2 aromatic rings.